The molecule has 3 N–H and O–H groups in total. The number of benzene rings is 2. The van der Waals surface area contributed by atoms with Crippen molar-refractivity contribution in [3.05, 3.63) is 87.9 Å². The fourth-order valence-electron chi connectivity index (χ4n) is 3.91. The number of allylic oxidation sites excluding steroid dienone is 3. The summed E-state index contributed by atoms with van der Waals surface area (Å²) < 4.78 is 65.1. The van der Waals surface area contributed by atoms with E-state index in [0.29, 0.717) is 28.2 Å². The average molecular weight is 559 g/mol. The molecule has 1 aliphatic heterocycles. The number of carbonyl (C=O) groups excluding carboxylic acids is 1. The molecule has 12 nitrogen and oxygen atoms in total. The van der Waals surface area contributed by atoms with Crippen LogP contribution in [0.4, 0.5) is 5.69 Å². The largest absolute Gasteiger partial charge is 0.295 e. The Hall–Kier alpha value is -4.11. The quantitative estimate of drug-likeness (QED) is 0.305. The number of carbonyl (C=O) groups is 1. The zero-order chi connectivity index (χ0) is 28.0. The summed E-state index contributed by atoms with van der Waals surface area (Å²) in [5, 5.41) is 8.13. The van der Waals surface area contributed by atoms with Crippen LogP contribution in [-0.4, -0.2) is 47.3 Å². The van der Waals surface area contributed by atoms with E-state index in [2.05, 4.69) is 10.2 Å². The summed E-state index contributed by atoms with van der Waals surface area (Å²) in [4.78, 5) is 25.5. The van der Waals surface area contributed by atoms with Gasteiger partial charge in [0.25, 0.3) is 31.7 Å². The first-order valence-corrected chi connectivity index (χ1v) is 13.8. The van der Waals surface area contributed by atoms with Crippen LogP contribution in [0.5, 0.6) is 0 Å². The number of hydrogen-bond acceptors (Lipinski definition) is 7. The monoisotopic (exact) mass is 558 g/mol. The topological polar surface area (TPSA) is 179 Å². The van der Waals surface area contributed by atoms with Crippen molar-refractivity contribution in [2.75, 3.05) is 5.01 Å². The highest BCUT2D eigenvalue weighted by Gasteiger charge is 2.29. The van der Waals surface area contributed by atoms with Crippen molar-refractivity contribution in [3.63, 3.8) is 0 Å². The Kier molecular flexibility index (Phi) is 6.84. The van der Waals surface area contributed by atoms with Gasteiger partial charge in [0.05, 0.1) is 38.0 Å². The van der Waals surface area contributed by atoms with Gasteiger partial charge in [0.15, 0.2) is 0 Å². The third kappa shape index (κ3) is 5.15. The molecule has 4 rings (SSSR count). The van der Waals surface area contributed by atoms with Crippen molar-refractivity contribution in [3.8, 4) is 5.69 Å². The molecule has 0 spiro atoms. The van der Waals surface area contributed by atoms with Crippen LogP contribution < -0.4 is 10.6 Å². The molecule has 0 fully saturated rings. The number of aryl methyl sites for hydroxylation is 1. The average Bonchev–Trinajstić information content (AvgIpc) is 3.30. The number of hydrazone groups is 1. The maximum atomic E-state index is 13.1. The second-order valence-corrected chi connectivity index (χ2v) is 11.3. The van der Waals surface area contributed by atoms with Crippen molar-refractivity contribution in [1.82, 2.24) is 9.78 Å². The molecular formula is C24H22N4O8S2. The van der Waals surface area contributed by atoms with Gasteiger partial charge in [-0.3, -0.25) is 23.8 Å². The molecule has 0 bridgehead atoms. The second-order valence-electron chi connectivity index (χ2n) is 8.43. The van der Waals surface area contributed by atoms with Gasteiger partial charge in [-0.2, -0.15) is 26.9 Å². The van der Waals surface area contributed by atoms with Crippen molar-refractivity contribution < 1.29 is 30.7 Å². The highest BCUT2D eigenvalue weighted by molar-refractivity contribution is 7.86. The summed E-state index contributed by atoms with van der Waals surface area (Å²) in [5.41, 5.74) is 2.04. The van der Waals surface area contributed by atoms with Crippen LogP contribution >= 0.6 is 0 Å². The van der Waals surface area contributed by atoms with E-state index in [1.165, 1.54) is 53.2 Å². The fraction of sp³-hybridized carbons (Fsp3) is 0.125. The Morgan fingerprint density at radius 1 is 0.921 bits per heavy atom. The number of amides is 1. The van der Waals surface area contributed by atoms with Gasteiger partial charge in [0, 0.05) is 5.69 Å². The highest BCUT2D eigenvalue weighted by Crippen LogP contribution is 2.26. The van der Waals surface area contributed by atoms with E-state index in [4.69, 9.17) is 4.55 Å². The molecule has 1 aliphatic rings. The third-order valence-corrected chi connectivity index (χ3v) is 7.50. The summed E-state index contributed by atoms with van der Waals surface area (Å²) in [7, 11) is -8.84. The molecule has 0 atom stereocenters. The van der Waals surface area contributed by atoms with Gasteiger partial charge in [-0.15, -0.1) is 0 Å². The van der Waals surface area contributed by atoms with Gasteiger partial charge in [0.1, 0.15) is 0 Å². The summed E-state index contributed by atoms with van der Waals surface area (Å²) in [6.07, 6.45) is 3.08. The number of aromatic nitrogens is 2. The molecule has 14 heteroatoms. The zero-order valence-corrected chi connectivity index (χ0v) is 21.9. The van der Waals surface area contributed by atoms with E-state index in [1.54, 1.807) is 26.8 Å². The lowest BCUT2D eigenvalue weighted by Crippen LogP contribution is -2.21. The maximum Gasteiger partial charge on any atom is 0.294 e. The molecule has 3 aromatic rings. The van der Waals surface area contributed by atoms with Crippen LogP contribution in [0, 0.1) is 6.92 Å². The van der Waals surface area contributed by atoms with Crippen molar-refractivity contribution >= 4 is 43.1 Å². The molecule has 0 saturated heterocycles. The molecule has 1 aromatic heterocycles. The Balaban J connectivity index is 1.64. The third-order valence-electron chi connectivity index (χ3n) is 5.78. The van der Waals surface area contributed by atoms with Gasteiger partial charge < -0.3 is 0 Å². The predicted octanol–water partition coefficient (Wildman–Crippen LogP) is 2.72. The van der Waals surface area contributed by atoms with Gasteiger partial charge in [-0.25, -0.2) is 4.68 Å². The van der Waals surface area contributed by atoms with E-state index in [0.717, 1.165) is 11.1 Å². The summed E-state index contributed by atoms with van der Waals surface area (Å²) in [6, 6.07) is 10.2. The number of nitrogens with one attached hydrogen (secondary N) is 1. The summed E-state index contributed by atoms with van der Waals surface area (Å²) in [6.45, 7) is 4.96. The first-order valence-electron chi connectivity index (χ1n) is 10.9. The van der Waals surface area contributed by atoms with E-state index in [1.807, 2.05) is 0 Å². The van der Waals surface area contributed by atoms with Crippen molar-refractivity contribution in [1.29, 1.82) is 0 Å². The lowest BCUT2D eigenvalue weighted by Gasteiger charge is -2.12. The molecule has 2 heterocycles. The van der Waals surface area contributed by atoms with Gasteiger partial charge >= 0.3 is 0 Å². The molecule has 0 radical (unpaired) electrons. The van der Waals surface area contributed by atoms with Crippen LogP contribution in [0.25, 0.3) is 11.3 Å². The molecule has 0 aliphatic carbocycles. The Labute approximate surface area is 217 Å². The Morgan fingerprint density at radius 2 is 1.55 bits per heavy atom. The first-order chi connectivity index (χ1) is 17.7. The Morgan fingerprint density at radius 3 is 2.16 bits per heavy atom. The fourth-order valence-corrected chi connectivity index (χ4v) is 4.91. The number of aromatic amines is 1. The standard InChI is InChI=1S/C24H22N4O8S2/c1-14(22-16(3)26-27(24(22)30)17-8-10-19(11-9-17)37(31,32)33)7-12-21-15(2)25-28(23(21)29)18-5-4-6-20(13-18)38(34,35)36/h4-13,26H,1-3H3,(H,31,32,33)(H,34,35,36). The minimum atomic E-state index is -4.47. The molecule has 0 saturated carbocycles. The number of anilines is 1. The SMILES string of the molecule is CC(=CC=C1C(=O)N(c2cccc(S(=O)(=O)O)c2)N=C1C)c1c(C)[nH]n(-c2ccc(S(=O)(=O)O)cc2)c1=O. The molecular weight excluding hydrogens is 536 g/mol. The van der Waals surface area contributed by atoms with Crippen LogP contribution in [0.15, 0.2) is 85.9 Å². The molecule has 1 amide bonds. The van der Waals surface area contributed by atoms with Crippen LogP contribution in [-0.2, 0) is 25.0 Å². The molecule has 2 aromatic carbocycles. The van der Waals surface area contributed by atoms with Gasteiger partial charge in [-0.1, -0.05) is 12.1 Å². The van der Waals surface area contributed by atoms with Crippen LogP contribution in [0.3, 0.4) is 0 Å². The number of hydrogen-bond donors (Lipinski definition) is 3. The van der Waals surface area contributed by atoms with Crippen LogP contribution in [0.1, 0.15) is 25.1 Å². The smallest absolute Gasteiger partial charge is 0.294 e. The lowest BCUT2D eigenvalue weighted by atomic mass is 10.1. The number of nitrogens with zero attached hydrogens (tertiary/aromatic N) is 3. The lowest BCUT2D eigenvalue weighted by molar-refractivity contribution is -0.114. The minimum absolute atomic E-state index is 0.151. The van der Waals surface area contributed by atoms with Crippen LogP contribution in [0.2, 0.25) is 0 Å². The van der Waals surface area contributed by atoms with Gasteiger partial charge in [0.2, 0.25) is 0 Å². The number of rotatable bonds is 6. The maximum absolute atomic E-state index is 13.1. The normalized spacial score (nSPS) is 15.9. The minimum Gasteiger partial charge on any atom is -0.295 e. The second kappa shape index (κ2) is 9.64. The summed E-state index contributed by atoms with van der Waals surface area (Å²) in [5.74, 6) is -0.527. The molecule has 38 heavy (non-hydrogen) atoms. The molecule has 0 unspecified atom stereocenters. The van der Waals surface area contributed by atoms with Crippen molar-refractivity contribution in [2.45, 2.75) is 30.6 Å². The van der Waals surface area contributed by atoms with E-state index in [-0.39, 0.29) is 21.1 Å². The van der Waals surface area contributed by atoms with E-state index < -0.39 is 31.7 Å². The highest BCUT2D eigenvalue weighted by atomic mass is 32.2. The first kappa shape index (κ1) is 26.9. The number of H-pyrrole nitrogens is 1. The van der Waals surface area contributed by atoms with E-state index >= 15 is 0 Å². The zero-order valence-electron chi connectivity index (χ0n) is 20.3. The Bertz CT molecular complexity index is 1830. The van der Waals surface area contributed by atoms with E-state index in [9.17, 15) is 31.0 Å². The summed E-state index contributed by atoms with van der Waals surface area (Å²) >= 11 is 0. The van der Waals surface area contributed by atoms with Gasteiger partial charge in [-0.05, 0) is 74.9 Å². The molecule has 198 valence electrons. The van der Waals surface area contributed by atoms with Crippen molar-refractivity contribution in [2.24, 2.45) is 5.10 Å². The predicted molar refractivity (Wildman–Crippen MR) is 140 cm³/mol.